The van der Waals surface area contributed by atoms with Gasteiger partial charge in [0.1, 0.15) is 11.6 Å². The van der Waals surface area contributed by atoms with Gasteiger partial charge in [-0.2, -0.15) is 0 Å². The van der Waals surface area contributed by atoms with Gasteiger partial charge in [0.25, 0.3) is 0 Å². The highest BCUT2D eigenvalue weighted by Gasteiger charge is 2.35. The number of primary amides is 1. The summed E-state index contributed by atoms with van der Waals surface area (Å²) in [5, 5.41) is 2.41. The first kappa shape index (κ1) is 17.2. The van der Waals surface area contributed by atoms with Crippen LogP contribution in [0.3, 0.4) is 0 Å². The van der Waals surface area contributed by atoms with Crippen molar-refractivity contribution in [3.63, 3.8) is 0 Å². The summed E-state index contributed by atoms with van der Waals surface area (Å²) in [6.45, 7) is 9.85. The lowest BCUT2D eigenvalue weighted by Crippen LogP contribution is -2.51. The van der Waals surface area contributed by atoms with E-state index in [0.717, 1.165) is 0 Å². The van der Waals surface area contributed by atoms with E-state index in [1.54, 1.807) is 20.8 Å². The van der Waals surface area contributed by atoms with Gasteiger partial charge < -0.3 is 15.8 Å². The maximum absolute atomic E-state index is 12.0. The van der Waals surface area contributed by atoms with Crippen LogP contribution in [0.25, 0.3) is 0 Å². The Morgan fingerprint density at radius 3 is 2.21 bits per heavy atom. The monoisotopic (exact) mass is 270 g/mol. The lowest BCUT2D eigenvalue weighted by atomic mass is 9.95. The van der Waals surface area contributed by atoms with Crippen LogP contribution in [0.1, 0.15) is 34.1 Å². The van der Waals surface area contributed by atoms with E-state index in [-0.39, 0.29) is 6.42 Å². The van der Waals surface area contributed by atoms with E-state index in [1.807, 2.05) is 0 Å². The third-order valence-electron chi connectivity index (χ3n) is 2.21. The molecule has 0 unspecified atom stereocenters. The second-order valence-corrected chi connectivity index (χ2v) is 5.24. The average molecular weight is 270 g/mol. The zero-order chi connectivity index (χ0) is 15.2. The number of hydrogen-bond acceptors (Lipinski definition) is 4. The first-order valence-electron chi connectivity index (χ1n) is 5.98. The van der Waals surface area contributed by atoms with Crippen LogP contribution in [0.2, 0.25) is 0 Å². The highest BCUT2D eigenvalue weighted by atomic mass is 16.6. The van der Waals surface area contributed by atoms with Crippen LogP contribution in [0, 0.1) is 5.92 Å². The van der Waals surface area contributed by atoms with E-state index in [9.17, 15) is 14.4 Å². The van der Waals surface area contributed by atoms with Gasteiger partial charge in [-0.3, -0.25) is 9.59 Å². The summed E-state index contributed by atoms with van der Waals surface area (Å²) in [6, 6.07) is -1.10. The normalized spacial score (nSPS) is 14.1. The molecule has 0 fully saturated rings. The Hall–Kier alpha value is -1.85. The minimum absolute atomic E-state index is 0.180. The molecule has 0 aromatic carbocycles. The number of carbonyl (C=O) groups is 3. The van der Waals surface area contributed by atoms with Crippen molar-refractivity contribution in [3.8, 4) is 0 Å². The van der Waals surface area contributed by atoms with Crippen LogP contribution in [0.15, 0.2) is 12.7 Å². The molecule has 0 aliphatic carbocycles. The summed E-state index contributed by atoms with van der Waals surface area (Å²) in [6.07, 6.45) is 1.65. The van der Waals surface area contributed by atoms with Gasteiger partial charge in [-0.15, -0.1) is 6.58 Å². The van der Waals surface area contributed by atoms with Crippen LogP contribution < -0.4 is 11.1 Å². The number of hydrogen-bond donors (Lipinski definition) is 2. The number of allylic oxidation sites excluding steroid dienone is 1. The molecule has 0 heterocycles. The maximum atomic E-state index is 12.0. The molecule has 2 atom stereocenters. The smallest absolute Gasteiger partial charge is 0.330 e. The minimum atomic E-state index is -1.10. The molecule has 0 saturated heterocycles. The summed E-state index contributed by atoms with van der Waals surface area (Å²) < 4.78 is 5.18. The SMILES string of the molecule is C=CC[C@H](C(N)=O)[C@H](NC(C)=O)C(=O)OC(C)(C)C. The van der Waals surface area contributed by atoms with Gasteiger partial charge in [-0.25, -0.2) is 4.79 Å². The van der Waals surface area contributed by atoms with E-state index < -0.39 is 35.3 Å². The molecule has 0 rings (SSSR count). The largest absolute Gasteiger partial charge is 0.458 e. The quantitative estimate of drug-likeness (QED) is 0.542. The van der Waals surface area contributed by atoms with E-state index in [2.05, 4.69) is 11.9 Å². The fourth-order valence-corrected chi connectivity index (χ4v) is 1.50. The van der Waals surface area contributed by atoms with E-state index in [0.29, 0.717) is 0 Å². The Balaban J connectivity index is 5.16. The molecule has 0 saturated carbocycles. The van der Waals surface area contributed by atoms with Crippen molar-refractivity contribution in [2.45, 2.75) is 45.8 Å². The van der Waals surface area contributed by atoms with Crippen molar-refractivity contribution >= 4 is 17.8 Å². The van der Waals surface area contributed by atoms with E-state index in [1.165, 1.54) is 13.0 Å². The zero-order valence-electron chi connectivity index (χ0n) is 11.9. The Labute approximate surface area is 113 Å². The highest BCUT2D eigenvalue weighted by Crippen LogP contribution is 2.15. The number of carbonyl (C=O) groups excluding carboxylic acids is 3. The topological polar surface area (TPSA) is 98.5 Å². The highest BCUT2D eigenvalue weighted by molar-refractivity contribution is 5.90. The minimum Gasteiger partial charge on any atom is -0.458 e. The first-order chi connectivity index (χ1) is 8.58. The maximum Gasteiger partial charge on any atom is 0.330 e. The van der Waals surface area contributed by atoms with Gasteiger partial charge in [0.15, 0.2) is 0 Å². The molecule has 0 spiro atoms. The van der Waals surface area contributed by atoms with Gasteiger partial charge in [0.05, 0.1) is 5.92 Å². The van der Waals surface area contributed by atoms with Crippen LogP contribution in [0.4, 0.5) is 0 Å². The summed E-state index contributed by atoms with van der Waals surface area (Å²) in [5.74, 6) is -2.69. The molecule has 0 aliphatic heterocycles. The number of esters is 1. The molecule has 2 amide bonds. The lowest BCUT2D eigenvalue weighted by molar-refractivity contribution is -0.161. The van der Waals surface area contributed by atoms with Gasteiger partial charge in [0.2, 0.25) is 11.8 Å². The molecular formula is C13H22N2O4. The zero-order valence-corrected chi connectivity index (χ0v) is 11.9. The van der Waals surface area contributed by atoms with Crippen LogP contribution in [-0.4, -0.2) is 29.4 Å². The van der Waals surface area contributed by atoms with E-state index >= 15 is 0 Å². The predicted molar refractivity (Wildman–Crippen MR) is 70.9 cm³/mol. The lowest BCUT2D eigenvalue weighted by Gasteiger charge is -2.27. The Bertz CT molecular complexity index is 371. The molecule has 0 aromatic heterocycles. The summed E-state index contributed by atoms with van der Waals surface area (Å²) >= 11 is 0. The number of amides is 2. The molecule has 19 heavy (non-hydrogen) atoms. The van der Waals surface area contributed by atoms with Crippen LogP contribution >= 0.6 is 0 Å². The van der Waals surface area contributed by atoms with Crippen molar-refractivity contribution in [1.82, 2.24) is 5.32 Å². The molecule has 6 nitrogen and oxygen atoms in total. The summed E-state index contributed by atoms with van der Waals surface area (Å²) in [5.41, 5.74) is 4.54. The molecule has 0 radical (unpaired) electrons. The van der Waals surface area contributed by atoms with Gasteiger partial charge in [0, 0.05) is 6.92 Å². The van der Waals surface area contributed by atoms with Crippen molar-refractivity contribution < 1.29 is 19.1 Å². The summed E-state index contributed by atoms with van der Waals surface area (Å²) in [4.78, 5) is 34.6. The second kappa shape index (κ2) is 6.92. The Kier molecular flexibility index (Phi) is 6.24. The van der Waals surface area contributed by atoms with Gasteiger partial charge >= 0.3 is 5.97 Å². The van der Waals surface area contributed by atoms with Crippen molar-refractivity contribution in [2.75, 3.05) is 0 Å². The standard InChI is InChI=1S/C13H22N2O4/c1-6-7-9(11(14)17)10(15-8(2)16)12(18)19-13(3,4)5/h6,9-10H,1,7H2,2-5H3,(H2,14,17)(H,15,16)/t9-,10-/m0/s1. The molecule has 108 valence electrons. The van der Waals surface area contributed by atoms with Gasteiger partial charge in [-0.1, -0.05) is 6.08 Å². The Morgan fingerprint density at radius 1 is 1.37 bits per heavy atom. The van der Waals surface area contributed by atoms with Crippen molar-refractivity contribution in [1.29, 1.82) is 0 Å². The first-order valence-corrected chi connectivity index (χ1v) is 5.98. The molecular weight excluding hydrogens is 248 g/mol. The molecule has 0 bridgehead atoms. The molecule has 0 aliphatic rings. The van der Waals surface area contributed by atoms with Crippen LogP contribution in [0.5, 0.6) is 0 Å². The number of ether oxygens (including phenoxy) is 1. The summed E-state index contributed by atoms with van der Waals surface area (Å²) in [7, 11) is 0. The fraction of sp³-hybridized carbons (Fsp3) is 0.615. The number of nitrogens with one attached hydrogen (secondary N) is 1. The van der Waals surface area contributed by atoms with Gasteiger partial charge in [-0.05, 0) is 27.2 Å². The molecule has 3 N–H and O–H groups in total. The third kappa shape index (κ3) is 6.59. The average Bonchev–Trinajstić information content (AvgIpc) is 2.19. The second-order valence-electron chi connectivity index (χ2n) is 5.24. The predicted octanol–water partition coefficient (Wildman–Crippen LogP) is 0.510. The third-order valence-corrected chi connectivity index (χ3v) is 2.21. The number of rotatable bonds is 6. The van der Waals surface area contributed by atoms with E-state index in [4.69, 9.17) is 10.5 Å². The fourth-order valence-electron chi connectivity index (χ4n) is 1.50. The van der Waals surface area contributed by atoms with Crippen molar-refractivity contribution in [2.24, 2.45) is 11.7 Å². The number of nitrogens with two attached hydrogens (primary N) is 1. The van der Waals surface area contributed by atoms with Crippen LogP contribution in [-0.2, 0) is 19.1 Å². The molecule has 0 aromatic rings. The molecule has 6 heteroatoms. The van der Waals surface area contributed by atoms with Crippen molar-refractivity contribution in [3.05, 3.63) is 12.7 Å². The Morgan fingerprint density at radius 2 is 1.89 bits per heavy atom.